The van der Waals surface area contributed by atoms with Crippen LogP contribution in [0.1, 0.15) is 35.0 Å². The summed E-state index contributed by atoms with van der Waals surface area (Å²) in [7, 11) is 1.63. The molecule has 0 spiro atoms. The van der Waals surface area contributed by atoms with Crippen LogP contribution in [0.2, 0.25) is 0 Å². The molecule has 0 saturated heterocycles. The van der Waals surface area contributed by atoms with Gasteiger partial charge in [-0.15, -0.1) is 11.3 Å². The highest BCUT2D eigenvalue weighted by atomic mass is 32.2. The van der Waals surface area contributed by atoms with Gasteiger partial charge in [-0.2, -0.15) is 17.7 Å². The Bertz CT molecular complexity index is 1700. The maximum Gasteiger partial charge on any atom is 0.416 e. The predicted octanol–water partition coefficient (Wildman–Crippen LogP) is 5.45. The summed E-state index contributed by atoms with van der Waals surface area (Å²) in [6.07, 6.45) is 0.280. The second kappa shape index (κ2) is 10.4. The molecule has 2 aromatic carbocycles. The van der Waals surface area contributed by atoms with Crippen molar-refractivity contribution in [3.8, 4) is 0 Å². The minimum atomic E-state index is -4.46. The van der Waals surface area contributed by atoms with Crippen molar-refractivity contribution in [2.24, 2.45) is 13.0 Å². The Kier molecular flexibility index (Phi) is 7.36. The highest BCUT2D eigenvalue weighted by Gasteiger charge is 2.34. The Morgan fingerprint density at radius 2 is 1.92 bits per heavy atom. The molecule has 0 amide bonds. The fourth-order valence-corrected chi connectivity index (χ4v) is 7.85. The summed E-state index contributed by atoms with van der Waals surface area (Å²) >= 11 is 3.70. The number of rotatable bonds is 3. The van der Waals surface area contributed by atoms with Crippen LogP contribution in [0.15, 0.2) is 57.7 Å². The monoisotopic (exact) mass is 581 g/mol. The Labute approximate surface area is 227 Å². The molecule has 3 heterocycles. The van der Waals surface area contributed by atoms with Gasteiger partial charge in [0.25, 0.3) is 10.6 Å². The summed E-state index contributed by atoms with van der Waals surface area (Å²) in [5.74, 6) is -1.87. The van der Waals surface area contributed by atoms with Crippen LogP contribution in [-0.4, -0.2) is 4.57 Å². The van der Waals surface area contributed by atoms with Gasteiger partial charge in [0.05, 0.1) is 21.9 Å². The topological polar surface area (TPSA) is 25.9 Å². The average molecular weight is 582 g/mol. The van der Waals surface area contributed by atoms with Crippen molar-refractivity contribution in [2.75, 3.05) is 0 Å². The highest BCUT2D eigenvalue weighted by molar-refractivity contribution is 8.08. The van der Waals surface area contributed by atoms with Gasteiger partial charge >= 0.3 is 6.18 Å². The first-order valence-electron chi connectivity index (χ1n) is 11.7. The van der Waals surface area contributed by atoms with E-state index in [9.17, 15) is 26.7 Å². The lowest BCUT2D eigenvalue weighted by Crippen LogP contribution is -2.36. The summed E-state index contributed by atoms with van der Waals surface area (Å²) in [6, 6.07) is 8.18. The molecule has 0 saturated carbocycles. The van der Waals surface area contributed by atoms with Crippen molar-refractivity contribution in [3.63, 3.8) is 0 Å². The first-order valence-corrected chi connectivity index (χ1v) is 14.2. The molecule has 1 aliphatic heterocycles. The summed E-state index contributed by atoms with van der Waals surface area (Å²) < 4.78 is 73.4. The predicted molar refractivity (Wildman–Crippen MR) is 141 cm³/mol. The lowest BCUT2D eigenvalue weighted by molar-refractivity contribution is -0.685. The number of hydrogen-bond acceptors (Lipinski definition) is 4. The second-order valence-corrected chi connectivity index (χ2v) is 12.1. The largest absolute Gasteiger partial charge is 0.416 e. The number of nitrogens with zero attached hydrogens (tertiary/aromatic N) is 2. The minimum absolute atomic E-state index is 0.0169. The van der Waals surface area contributed by atoms with Gasteiger partial charge in [0.15, 0.2) is 24.4 Å². The van der Waals surface area contributed by atoms with Crippen molar-refractivity contribution in [2.45, 2.75) is 37.4 Å². The second-order valence-electron chi connectivity index (χ2n) is 9.06. The van der Waals surface area contributed by atoms with E-state index in [4.69, 9.17) is 0 Å². The van der Waals surface area contributed by atoms with E-state index in [2.05, 4.69) is 0 Å². The third-order valence-electron chi connectivity index (χ3n) is 6.52. The van der Waals surface area contributed by atoms with Gasteiger partial charge in [-0.1, -0.05) is 54.3 Å². The molecule has 198 valence electrons. The number of aromatic nitrogens is 2. The van der Waals surface area contributed by atoms with E-state index in [0.717, 1.165) is 29.5 Å². The van der Waals surface area contributed by atoms with Gasteiger partial charge in [-0.25, -0.2) is 8.78 Å². The molecule has 5 rings (SSSR count). The molecule has 4 aromatic rings. The molecule has 0 radical (unpaired) electrons. The van der Waals surface area contributed by atoms with Crippen LogP contribution in [0.4, 0.5) is 22.0 Å². The van der Waals surface area contributed by atoms with Crippen molar-refractivity contribution in [1.29, 1.82) is 0 Å². The molecule has 0 N–H and O–H groups in total. The molecule has 0 fully saturated rings. The van der Waals surface area contributed by atoms with E-state index in [-0.39, 0.29) is 28.5 Å². The quantitative estimate of drug-likeness (QED) is 0.238. The zero-order valence-corrected chi connectivity index (χ0v) is 22.8. The van der Waals surface area contributed by atoms with Gasteiger partial charge in [-0.3, -0.25) is 4.79 Å². The Morgan fingerprint density at radius 3 is 2.68 bits per heavy atom. The van der Waals surface area contributed by atoms with Crippen LogP contribution in [0.3, 0.4) is 0 Å². The number of thioether (sulfide) groups is 1. The maximum absolute atomic E-state index is 14.7. The molecular formula is C27H22F5N2OS3+. The van der Waals surface area contributed by atoms with Gasteiger partial charge in [0, 0.05) is 17.5 Å². The van der Waals surface area contributed by atoms with Crippen molar-refractivity contribution in [1.82, 2.24) is 4.57 Å². The van der Waals surface area contributed by atoms with Crippen LogP contribution in [0.5, 0.6) is 0 Å². The molecule has 0 aliphatic carbocycles. The van der Waals surface area contributed by atoms with Crippen LogP contribution < -0.4 is 19.3 Å². The fraction of sp³-hybridized carbons (Fsp3) is 0.259. The number of aryl methyl sites for hydroxylation is 1. The molecule has 0 bridgehead atoms. The molecular weight excluding hydrogens is 560 g/mol. The van der Waals surface area contributed by atoms with Crippen LogP contribution in [-0.2, 0) is 26.2 Å². The Morgan fingerprint density at radius 1 is 1.16 bits per heavy atom. The third kappa shape index (κ3) is 5.11. The summed E-state index contributed by atoms with van der Waals surface area (Å²) in [4.78, 5) is 14.2. The van der Waals surface area contributed by atoms with Gasteiger partial charge in [0.2, 0.25) is 0 Å². The maximum atomic E-state index is 14.7. The van der Waals surface area contributed by atoms with E-state index >= 15 is 0 Å². The van der Waals surface area contributed by atoms with E-state index in [1.807, 2.05) is 6.92 Å². The van der Waals surface area contributed by atoms with Crippen LogP contribution in [0.25, 0.3) is 11.0 Å². The first kappa shape index (κ1) is 26.8. The zero-order chi connectivity index (χ0) is 27.2. The number of hydrogen-bond donors (Lipinski definition) is 0. The summed E-state index contributed by atoms with van der Waals surface area (Å²) in [6.45, 7) is 1.99. The molecule has 3 nitrogen and oxygen atoms in total. The number of fused-ring (bicyclic) bond motifs is 1. The third-order valence-corrected chi connectivity index (χ3v) is 10.2. The molecule has 11 heteroatoms. The number of thiazole rings is 2. The number of alkyl halides is 3. The van der Waals surface area contributed by atoms with Crippen molar-refractivity contribution in [3.05, 3.63) is 101 Å². The lowest BCUT2D eigenvalue weighted by Gasteiger charge is -2.10. The molecule has 2 aromatic heterocycles. The normalized spacial score (nSPS) is 18.0. The van der Waals surface area contributed by atoms with E-state index in [1.54, 1.807) is 41.4 Å². The van der Waals surface area contributed by atoms with Crippen LogP contribution in [0, 0.1) is 17.6 Å². The van der Waals surface area contributed by atoms with Gasteiger partial charge in [0.1, 0.15) is 9.20 Å². The van der Waals surface area contributed by atoms with E-state index < -0.39 is 23.4 Å². The molecule has 38 heavy (non-hydrogen) atoms. The molecule has 1 unspecified atom stereocenters. The van der Waals surface area contributed by atoms with Crippen molar-refractivity contribution >= 4 is 45.4 Å². The fourth-order valence-electron chi connectivity index (χ4n) is 4.40. The molecule has 1 atom stereocenters. The molecule has 1 aliphatic rings. The average Bonchev–Trinajstić information content (AvgIpc) is 3.37. The van der Waals surface area contributed by atoms with Crippen molar-refractivity contribution < 1.29 is 26.5 Å². The zero-order valence-electron chi connectivity index (χ0n) is 20.3. The van der Waals surface area contributed by atoms with Gasteiger partial charge in [-0.05, 0) is 36.5 Å². The van der Waals surface area contributed by atoms with E-state index in [1.165, 1.54) is 39.4 Å². The Hall–Kier alpha value is -2.76. The summed E-state index contributed by atoms with van der Waals surface area (Å²) in [5, 5.41) is 2.45. The number of benzene rings is 2. The van der Waals surface area contributed by atoms with Gasteiger partial charge < -0.3 is 4.57 Å². The standard InChI is InChI=1S/C27H22F5N2OS3/c1-15-7-8-16-9-10-19(28)22(29)24(16)38-23(15)25-26(35)33(2)20(37-25)13-21-34(11-12-36-21)14-17-5-3-4-6-18(17)27(30,31)32/h3-6,9-13,15H,7-8,14H2,1-2H3/q+1/b25-23+. The lowest BCUT2D eigenvalue weighted by atomic mass is 10.0. The minimum Gasteiger partial charge on any atom is -0.302 e. The summed E-state index contributed by atoms with van der Waals surface area (Å²) in [5.41, 5.74) is -0.0720. The SMILES string of the molecule is CC1CCc2ccc(F)c(F)c2S/C1=c1/s/c(=C\c2scc[n+]2Cc2ccccc2C(F)(F)F)n(C)c1=O. The highest BCUT2D eigenvalue weighted by Crippen LogP contribution is 2.42. The number of halogens is 5. The Balaban J connectivity index is 1.59. The smallest absolute Gasteiger partial charge is 0.302 e. The van der Waals surface area contributed by atoms with E-state index in [0.29, 0.717) is 31.9 Å². The first-order chi connectivity index (χ1) is 18.0. The van der Waals surface area contributed by atoms with Crippen LogP contribution >= 0.6 is 34.4 Å².